The predicted molar refractivity (Wildman–Crippen MR) is 113 cm³/mol. The molecule has 0 atom stereocenters. The molecule has 0 aliphatic rings. The smallest absolute Gasteiger partial charge is 0.0361 e. The highest BCUT2D eigenvalue weighted by Crippen LogP contribution is 2.40. The van der Waals surface area contributed by atoms with Crippen molar-refractivity contribution in [2.45, 2.75) is 26.2 Å². The van der Waals surface area contributed by atoms with Crippen LogP contribution in [0.4, 0.5) is 0 Å². The standard InChI is InChI=1S/C24H20S/c1-2-3-6-16-9-11-21-23(15-16)25-22-14-13-19-18-8-5-4-7-17(18)10-12-20(19)24(21)22/h4-5,7-15H,2-3,6H2,1H3. The molecule has 0 saturated heterocycles. The molecule has 5 aromatic rings. The van der Waals surface area contributed by atoms with Crippen LogP contribution in [0.5, 0.6) is 0 Å². The molecule has 0 nitrogen and oxygen atoms in total. The molecule has 0 aliphatic heterocycles. The van der Waals surface area contributed by atoms with Gasteiger partial charge in [-0.2, -0.15) is 0 Å². The van der Waals surface area contributed by atoms with E-state index in [2.05, 4.69) is 73.7 Å². The lowest BCUT2D eigenvalue weighted by atomic mass is 9.98. The van der Waals surface area contributed by atoms with Gasteiger partial charge in [0, 0.05) is 20.2 Å². The monoisotopic (exact) mass is 340 g/mol. The van der Waals surface area contributed by atoms with E-state index in [4.69, 9.17) is 0 Å². The van der Waals surface area contributed by atoms with Gasteiger partial charge in [-0.3, -0.25) is 0 Å². The summed E-state index contributed by atoms with van der Waals surface area (Å²) in [5, 5.41) is 8.23. The van der Waals surface area contributed by atoms with E-state index >= 15 is 0 Å². The van der Waals surface area contributed by atoms with Gasteiger partial charge >= 0.3 is 0 Å². The van der Waals surface area contributed by atoms with E-state index in [0.29, 0.717) is 0 Å². The average molecular weight is 340 g/mol. The van der Waals surface area contributed by atoms with Crippen LogP contribution >= 0.6 is 11.3 Å². The summed E-state index contributed by atoms with van der Waals surface area (Å²) in [6.45, 7) is 2.26. The molecule has 5 rings (SSSR count). The molecule has 0 radical (unpaired) electrons. The Bertz CT molecular complexity index is 1230. The third-order valence-corrected chi connectivity index (χ3v) is 6.36. The third kappa shape index (κ3) is 2.34. The second-order valence-corrected chi connectivity index (χ2v) is 7.94. The van der Waals surface area contributed by atoms with Gasteiger partial charge in [-0.1, -0.05) is 67.9 Å². The molecule has 0 bridgehead atoms. The molecule has 122 valence electrons. The summed E-state index contributed by atoms with van der Waals surface area (Å²) in [5.74, 6) is 0. The molecule has 25 heavy (non-hydrogen) atoms. The molecule has 0 amide bonds. The van der Waals surface area contributed by atoms with E-state index in [0.717, 1.165) is 0 Å². The van der Waals surface area contributed by atoms with Crippen LogP contribution in [0.2, 0.25) is 0 Å². The highest BCUT2D eigenvalue weighted by Gasteiger charge is 2.11. The van der Waals surface area contributed by atoms with Crippen LogP contribution < -0.4 is 0 Å². The zero-order chi connectivity index (χ0) is 16.8. The number of benzene rings is 4. The Kier molecular flexibility index (Phi) is 3.50. The second-order valence-electron chi connectivity index (χ2n) is 6.86. The average Bonchev–Trinajstić information content (AvgIpc) is 3.04. The molecule has 0 fully saturated rings. The van der Waals surface area contributed by atoms with E-state index in [9.17, 15) is 0 Å². The summed E-state index contributed by atoms with van der Waals surface area (Å²) >= 11 is 1.93. The van der Waals surface area contributed by atoms with Crippen molar-refractivity contribution >= 4 is 53.1 Å². The zero-order valence-electron chi connectivity index (χ0n) is 14.4. The first-order valence-electron chi connectivity index (χ1n) is 9.11. The van der Waals surface area contributed by atoms with Crippen molar-refractivity contribution in [1.82, 2.24) is 0 Å². The Labute approximate surface area is 151 Å². The van der Waals surface area contributed by atoms with Crippen LogP contribution in [-0.4, -0.2) is 0 Å². The number of fused-ring (bicyclic) bond motifs is 7. The molecule has 1 heteroatoms. The van der Waals surface area contributed by atoms with Crippen molar-refractivity contribution in [3.63, 3.8) is 0 Å². The molecule has 0 spiro atoms. The Morgan fingerprint density at radius 3 is 2.48 bits per heavy atom. The highest BCUT2D eigenvalue weighted by atomic mass is 32.1. The summed E-state index contributed by atoms with van der Waals surface area (Å²) in [6, 6.07) is 24.9. The summed E-state index contributed by atoms with van der Waals surface area (Å²) < 4.78 is 2.81. The largest absolute Gasteiger partial charge is 0.135 e. The van der Waals surface area contributed by atoms with Crippen molar-refractivity contribution in [3.8, 4) is 0 Å². The van der Waals surface area contributed by atoms with Gasteiger partial charge in [-0.05, 0) is 52.1 Å². The molecule has 1 heterocycles. The van der Waals surface area contributed by atoms with Gasteiger partial charge in [0.05, 0.1) is 0 Å². The number of aryl methyl sites for hydroxylation is 1. The van der Waals surface area contributed by atoms with Crippen LogP contribution in [0.25, 0.3) is 41.7 Å². The molecule has 0 unspecified atom stereocenters. The fraction of sp³-hybridized carbons (Fsp3) is 0.167. The maximum atomic E-state index is 2.41. The van der Waals surface area contributed by atoms with Crippen molar-refractivity contribution in [2.24, 2.45) is 0 Å². The van der Waals surface area contributed by atoms with E-state index < -0.39 is 0 Å². The van der Waals surface area contributed by atoms with Gasteiger partial charge in [0.2, 0.25) is 0 Å². The number of hydrogen-bond donors (Lipinski definition) is 0. The molecule has 0 saturated carbocycles. The first-order chi connectivity index (χ1) is 12.3. The Morgan fingerprint density at radius 2 is 1.56 bits per heavy atom. The zero-order valence-corrected chi connectivity index (χ0v) is 15.2. The van der Waals surface area contributed by atoms with Crippen LogP contribution in [0, 0.1) is 0 Å². The highest BCUT2D eigenvalue weighted by molar-refractivity contribution is 7.26. The van der Waals surface area contributed by atoms with Gasteiger partial charge in [0.15, 0.2) is 0 Å². The lowest BCUT2D eigenvalue weighted by Gasteiger charge is -2.06. The molecular weight excluding hydrogens is 320 g/mol. The second kappa shape index (κ2) is 5.86. The van der Waals surface area contributed by atoms with Crippen molar-refractivity contribution in [2.75, 3.05) is 0 Å². The topological polar surface area (TPSA) is 0 Å². The third-order valence-electron chi connectivity index (χ3n) is 5.24. The first kappa shape index (κ1) is 14.9. The van der Waals surface area contributed by atoms with E-state index in [1.165, 1.54) is 66.5 Å². The number of unbranched alkanes of at least 4 members (excludes halogenated alkanes) is 1. The van der Waals surface area contributed by atoms with E-state index in [1.807, 2.05) is 11.3 Å². The number of hydrogen-bond acceptors (Lipinski definition) is 1. The Hall–Kier alpha value is -2.38. The van der Waals surface area contributed by atoms with Crippen LogP contribution in [0.3, 0.4) is 0 Å². The minimum atomic E-state index is 1.19. The van der Waals surface area contributed by atoms with Crippen LogP contribution in [0.1, 0.15) is 25.3 Å². The van der Waals surface area contributed by atoms with Crippen molar-refractivity contribution in [3.05, 3.63) is 72.3 Å². The van der Waals surface area contributed by atoms with Crippen LogP contribution in [-0.2, 0) is 6.42 Å². The van der Waals surface area contributed by atoms with Crippen LogP contribution in [0.15, 0.2) is 66.7 Å². The SMILES string of the molecule is CCCCc1ccc2c(c1)sc1ccc3c4ccccc4ccc3c12. The first-order valence-corrected chi connectivity index (χ1v) is 9.92. The van der Waals surface area contributed by atoms with Gasteiger partial charge in [0.1, 0.15) is 0 Å². The molecule has 4 aromatic carbocycles. The fourth-order valence-corrected chi connectivity index (χ4v) is 5.13. The molecule has 0 N–H and O–H groups in total. The summed E-state index contributed by atoms with van der Waals surface area (Å²) in [4.78, 5) is 0. The Morgan fingerprint density at radius 1 is 0.720 bits per heavy atom. The van der Waals surface area contributed by atoms with E-state index in [1.54, 1.807) is 0 Å². The lowest BCUT2D eigenvalue weighted by Crippen LogP contribution is -1.83. The number of thiophene rings is 1. The van der Waals surface area contributed by atoms with E-state index in [-0.39, 0.29) is 0 Å². The summed E-state index contributed by atoms with van der Waals surface area (Å²) in [7, 11) is 0. The molecular formula is C24H20S. The van der Waals surface area contributed by atoms with Crippen molar-refractivity contribution < 1.29 is 0 Å². The van der Waals surface area contributed by atoms with Gasteiger partial charge in [-0.25, -0.2) is 0 Å². The lowest BCUT2D eigenvalue weighted by molar-refractivity contribution is 0.796. The maximum Gasteiger partial charge on any atom is 0.0361 e. The summed E-state index contributed by atoms with van der Waals surface area (Å²) in [5.41, 5.74) is 1.47. The predicted octanol–water partition coefficient (Wildman–Crippen LogP) is 7.70. The van der Waals surface area contributed by atoms with Crippen molar-refractivity contribution in [1.29, 1.82) is 0 Å². The van der Waals surface area contributed by atoms with Gasteiger partial charge in [0.25, 0.3) is 0 Å². The minimum Gasteiger partial charge on any atom is -0.135 e. The molecule has 1 aromatic heterocycles. The number of rotatable bonds is 3. The maximum absolute atomic E-state index is 2.41. The quantitative estimate of drug-likeness (QED) is 0.295. The minimum absolute atomic E-state index is 1.19. The summed E-state index contributed by atoms with van der Waals surface area (Å²) in [6.07, 6.45) is 3.71. The Balaban J connectivity index is 1.83. The van der Waals surface area contributed by atoms with Gasteiger partial charge < -0.3 is 0 Å². The van der Waals surface area contributed by atoms with Gasteiger partial charge in [-0.15, -0.1) is 11.3 Å². The fourth-order valence-electron chi connectivity index (χ4n) is 3.94. The molecule has 0 aliphatic carbocycles. The normalized spacial score (nSPS) is 11.9.